The summed E-state index contributed by atoms with van der Waals surface area (Å²) in [5, 5.41) is 20.5. The van der Waals surface area contributed by atoms with E-state index in [4.69, 9.17) is 0 Å². The molecule has 160 valence electrons. The van der Waals surface area contributed by atoms with E-state index in [0.29, 0.717) is 11.6 Å². The van der Waals surface area contributed by atoms with Gasteiger partial charge in [-0.3, -0.25) is 5.10 Å². The number of nitrogens with one attached hydrogen (secondary N) is 2. The number of benzene rings is 2. The zero-order chi connectivity index (χ0) is 22.4. The van der Waals surface area contributed by atoms with Crippen LogP contribution in [0.2, 0.25) is 0 Å². The van der Waals surface area contributed by atoms with E-state index in [2.05, 4.69) is 25.5 Å². The average molecular weight is 420 g/mol. The lowest BCUT2D eigenvalue weighted by Crippen LogP contribution is -2.15. The van der Waals surface area contributed by atoms with Crippen LogP contribution in [0.1, 0.15) is 33.3 Å². The van der Waals surface area contributed by atoms with Gasteiger partial charge < -0.3 is 10.4 Å². The van der Waals surface area contributed by atoms with Crippen molar-refractivity contribution in [1.82, 2.24) is 20.2 Å². The van der Waals surface area contributed by atoms with Crippen LogP contribution in [0.5, 0.6) is 0 Å². The SMILES string of the molecule is CC.CC(C)(O)c1cccc(Nc2nccc(-c3cn[nH]c3-c3ccc(F)cc3)n2)c1. The van der Waals surface area contributed by atoms with Crippen LogP contribution >= 0.6 is 0 Å². The van der Waals surface area contributed by atoms with Gasteiger partial charge in [0.05, 0.1) is 23.2 Å². The summed E-state index contributed by atoms with van der Waals surface area (Å²) in [6.07, 6.45) is 3.34. The van der Waals surface area contributed by atoms with Gasteiger partial charge in [-0.05, 0) is 61.9 Å². The van der Waals surface area contributed by atoms with Crippen molar-refractivity contribution in [3.05, 3.63) is 78.4 Å². The van der Waals surface area contributed by atoms with E-state index in [1.807, 2.05) is 38.1 Å². The number of rotatable bonds is 5. The summed E-state index contributed by atoms with van der Waals surface area (Å²) >= 11 is 0. The molecule has 2 heterocycles. The van der Waals surface area contributed by atoms with Crippen LogP contribution < -0.4 is 5.32 Å². The molecule has 0 amide bonds. The Balaban J connectivity index is 0.00000132. The third-order valence-electron chi connectivity index (χ3n) is 4.53. The van der Waals surface area contributed by atoms with Gasteiger partial charge in [-0.15, -0.1) is 0 Å². The molecule has 3 N–H and O–H groups in total. The molecule has 4 aromatic rings. The minimum absolute atomic E-state index is 0.295. The Hall–Kier alpha value is -3.58. The Morgan fingerprint density at radius 2 is 1.77 bits per heavy atom. The number of aromatic nitrogens is 4. The van der Waals surface area contributed by atoms with Gasteiger partial charge in [-0.2, -0.15) is 5.10 Å². The smallest absolute Gasteiger partial charge is 0.227 e. The number of aliphatic hydroxyl groups is 1. The summed E-state index contributed by atoms with van der Waals surface area (Å²) in [6, 6.07) is 15.4. The van der Waals surface area contributed by atoms with E-state index >= 15 is 0 Å². The molecule has 0 aliphatic carbocycles. The second kappa shape index (κ2) is 9.49. The van der Waals surface area contributed by atoms with Crippen molar-refractivity contribution in [3.8, 4) is 22.5 Å². The number of aromatic amines is 1. The number of hydrogen-bond donors (Lipinski definition) is 3. The summed E-state index contributed by atoms with van der Waals surface area (Å²) in [6.45, 7) is 7.47. The molecular weight excluding hydrogens is 393 g/mol. The van der Waals surface area contributed by atoms with E-state index in [1.165, 1.54) is 12.1 Å². The zero-order valence-electron chi connectivity index (χ0n) is 18.0. The summed E-state index contributed by atoms with van der Waals surface area (Å²) in [4.78, 5) is 8.87. The molecular formula is C24H26FN5O. The van der Waals surface area contributed by atoms with Crippen molar-refractivity contribution < 1.29 is 9.50 Å². The lowest BCUT2D eigenvalue weighted by Gasteiger charge is -2.18. The fourth-order valence-electron chi connectivity index (χ4n) is 2.99. The van der Waals surface area contributed by atoms with E-state index in [-0.39, 0.29) is 5.82 Å². The number of hydrogen-bond acceptors (Lipinski definition) is 5. The van der Waals surface area contributed by atoms with Gasteiger partial charge in [0.15, 0.2) is 0 Å². The molecule has 2 aromatic heterocycles. The molecule has 0 aliphatic rings. The molecule has 6 nitrogen and oxygen atoms in total. The lowest BCUT2D eigenvalue weighted by molar-refractivity contribution is 0.0786. The molecule has 31 heavy (non-hydrogen) atoms. The van der Waals surface area contributed by atoms with Crippen LogP contribution in [-0.4, -0.2) is 25.3 Å². The Kier molecular flexibility index (Phi) is 6.77. The Morgan fingerprint density at radius 3 is 2.48 bits per heavy atom. The van der Waals surface area contributed by atoms with Gasteiger partial charge in [-0.1, -0.05) is 26.0 Å². The van der Waals surface area contributed by atoms with Crippen molar-refractivity contribution in [2.24, 2.45) is 0 Å². The molecule has 0 fully saturated rings. The third kappa shape index (κ3) is 5.32. The maximum absolute atomic E-state index is 13.2. The highest BCUT2D eigenvalue weighted by molar-refractivity contribution is 5.78. The van der Waals surface area contributed by atoms with Crippen LogP contribution in [0, 0.1) is 5.82 Å². The average Bonchev–Trinajstić information content (AvgIpc) is 3.25. The topological polar surface area (TPSA) is 86.7 Å². The Bertz CT molecular complexity index is 1130. The van der Waals surface area contributed by atoms with Gasteiger partial charge in [0.2, 0.25) is 5.95 Å². The molecule has 0 atom stereocenters. The molecule has 7 heteroatoms. The molecule has 4 rings (SSSR count). The second-order valence-corrected chi connectivity index (χ2v) is 7.20. The van der Waals surface area contributed by atoms with Crippen LogP contribution in [0.25, 0.3) is 22.5 Å². The first kappa shape index (κ1) is 22.1. The van der Waals surface area contributed by atoms with Gasteiger partial charge >= 0.3 is 0 Å². The van der Waals surface area contributed by atoms with E-state index < -0.39 is 5.60 Å². The van der Waals surface area contributed by atoms with Crippen molar-refractivity contribution >= 4 is 11.6 Å². The normalized spacial score (nSPS) is 10.9. The predicted molar refractivity (Wildman–Crippen MR) is 121 cm³/mol. The first-order valence-corrected chi connectivity index (χ1v) is 10.1. The molecule has 0 radical (unpaired) electrons. The molecule has 0 saturated carbocycles. The van der Waals surface area contributed by atoms with E-state index in [9.17, 15) is 9.50 Å². The van der Waals surface area contributed by atoms with Crippen molar-refractivity contribution in [2.75, 3.05) is 5.32 Å². The second-order valence-electron chi connectivity index (χ2n) is 7.20. The lowest BCUT2D eigenvalue weighted by atomic mass is 9.98. The zero-order valence-corrected chi connectivity index (χ0v) is 18.0. The maximum atomic E-state index is 13.2. The first-order valence-electron chi connectivity index (χ1n) is 10.1. The van der Waals surface area contributed by atoms with Crippen LogP contribution in [0.4, 0.5) is 16.0 Å². The standard InChI is InChI=1S/C22H20FN5O.C2H6/c1-22(2,29)15-4-3-5-17(12-15)26-21-24-11-10-19(27-21)18-13-25-28-20(18)14-6-8-16(23)9-7-14;1-2/h3-13,29H,1-2H3,(H,25,28)(H,24,26,27);1-2H3. The summed E-state index contributed by atoms with van der Waals surface area (Å²) in [5.41, 5.74) is 3.63. The number of H-pyrrole nitrogens is 1. The maximum Gasteiger partial charge on any atom is 0.227 e. The van der Waals surface area contributed by atoms with Gasteiger partial charge in [0.1, 0.15) is 5.82 Å². The predicted octanol–water partition coefficient (Wildman–Crippen LogP) is 5.67. The van der Waals surface area contributed by atoms with Gasteiger partial charge in [0.25, 0.3) is 0 Å². The number of nitrogens with zero attached hydrogens (tertiary/aromatic N) is 3. The van der Waals surface area contributed by atoms with Gasteiger partial charge in [0, 0.05) is 23.0 Å². The van der Waals surface area contributed by atoms with E-state index in [0.717, 1.165) is 28.1 Å². The summed E-state index contributed by atoms with van der Waals surface area (Å²) in [7, 11) is 0. The van der Waals surface area contributed by atoms with Crippen LogP contribution in [0.3, 0.4) is 0 Å². The number of halogens is 1. The van der Waals surface area contributed by atoms with Crippen molar-refractivity contribution in [2.45, 2.75) is 33.3 Å². The van der Waals surface area contributed by atoms with E-state index in [1.54, 1.807) is 44.4 Å². The monoisotopic (exact) mass is 419 g/mol. The quantitative estimate of drug-likeness (QED) is 0.388. The fourth-order valence-corrected chi connectivity index (χ4v) is 2.99. The third-order valence-corrected chi connectivity index (χ3v) is 4.53. The minimum atomic E-state index is -0.943. The molecule has 0 bridgehead atoms. The first-order chi connectivity index (χ1) is 14.9. The molecule has 0 spiro atoms. The van der Waals surface area contributed by atoms with Crippen molar-refractivity contribution in [1.29, 1.82) is 0 Å². The summed E-state index contributed by atoms with van der Waals surface area (Å²) in [5.74, 6) is 0.123. The molecule has 0 saturated heterocycles. The largest absolute Gasteiger partial charge is 0.386 e. The highest BCUT2D eigenvalue weighted by atomic mass is 19.1. The number of anilines is 2. The van der Waals surface area contributed by atoms with Crippen LogP contribution in [-0.2, 0) is 5.60 Å². The Morgan fingerprint density at radius 1 is 1.03 bits per heavy atom. The molecule has 0 unspecified atom stereocenters. The molecule has 0 aliphatic heterocycles. The fraction of sp³-hybridized carbons (Fsp3) is 0.208. The summed E-state index contributed by atoms with van der Waals surface area (Å²) < 4.78 is 13.2. The highest BCUT2D eigenvalue weighted by Gasteiger charge is 2.16. The van der Waals surface area contributed by atoms with Crippen molar-refractivity contribution in [3.63, 3.8) is 0 Å². The van der Waals surface area contributed by atoms with Crippen LogP contribution in [0.15, 0.2) is 67.0 Å². The minimum Gasteiger partial charge on any atom is -0.386 e. The van der Waals surface area contributed by atoms with Gasteiger partial charge in [-0.25, -0.2) is 14.4 Å². The molecule has 2 aromatic carbocycles. The highest BCUT2D eigenvalue weighted by Crippen LogP contribution is 2.30. The Labute approximate surface area is 181 Å².